The Kier molecular flexibility index (Phi) is 2.24. The van der Waals surface area contributed by atoms with Gasteiger partial charge in [0.05, 0.1) is 12.6 Å². The molecule has 11 heavy (non-hydrogen) atoms. The molecule has 62 valence electrons. The Labute approximate surface area is 65.9 Å². The van der Waals surface area contributed by atoms with E-state index in [4.69, 9.17) is 5.11 Å². The van der Waals surface area contributed by atoms with Crippen LogP contribution in [0.5, 0.6) is 0 Å². The maximum absolute atomic E-state index is 9.05. The zero-order valence-corrected chi connectivity index (χ0v) is 7.07. The molecule has 1 aromatic rings. The lowest BCUT2D eigenvalue weighted by Gasteiger charge is -2.04. The van der Waals surface area contributed by atoms with E-state index in [1.165, 1.54) is 0 Å². The first-order valence-electron chi connectivity index (χ1n) is 3.65. The summed E-state index contributed by atoms with van der Waals surface area (Å²) in [6.07, 6.45) is -0.366. The van der Waals surface area contributed by atoms with Gasteiger partial charge < -0.3 is 5.11 Å². The Balaban J connectivity index is 2.77. The van der Waals surface area contributed by atoms with Gasteiger partial charge in [0, 0.05) is 0 Å². The van der Waals surface area contributed by atoms with E-state index in [9.17, 15) is 0 Å². The minimum atomic E-state index is -0.366. The molecule has 4 heteroatoms. The normalized spacial score (nSPS) is 13.5. The molecule has 0 unspecified atom stereocenters. The van der Waals surface area contributed by atoms with E-state index >= 15 is 0 Å². The van der Waals surface area contributed by atoms with Crippen LogP contribution < -0.4 is 0 Å². The third-order valence-electron chi connectivity index (χ3n) is 1.40. The fourth-order valence-corrected chi connectivity index (χ4v) is 0.985. The molecule has 0 radical (unpaired) electrons. The Hall–Kier alpha value is -0.900. The van der Waals surface area contributed by atoms with Crippen LogP contribution in [0.3, 0.4) is 0 Å². The molecule has 1 atom stereocenters. The molecule has 0 aromatic carbocycles. The van der Waals surface area contributed by atoms with Crippen LogP contribution in [-0.4, -0.2) is 26.0 Å². The summed E-state index contributed by atoms with van der Waals surface area (Å²) in [7, 11) is 0. The SMILES string of the molecule is Cc1nc(C)n(C[C@H](C)O)n1. The molecular weight excluding hydrogens is 142 g/mol. The molecule has 0 saturated carbocycles. The lowest BCUT2D eigenvalue weighted by atomic mass is 10.4. The van der Waals surface area contributed by atoms with Crippen LogP contribution in [0.2, 0.25) is 0 Å². The van der Waals surface area contributed by atoms with Crippen molar-refractivity contribution in [1.29, 1.82) is 0 Å². The van der Waals surface area contributed by atoms with Crippen molar-refractivity contribution in [2.75, 3.05) is 0 Å². The smallest absolute Gasteiger partial charge is 0.147 e. The quantitative estimate of drug-likeness (QED) is 0.667. The van der Waals surface area contributed by atoms with E-state index in [1.54, 1.807) is 11.6 Å². The standard InChI is InChI=1S/C7H13N3O/c1-5(11)4-10-7(3)8-6(2)9-10/h5,11H,4H2,1-3H3/t5-/m0/s1. The first kappa shape index (κ1) is 8.20. The largest absolute Gasteiger partial charge is 0.391 e. The first-order valence-corrected chi connectivity index (χ1v) is 3.65. The van der Waals surface area contributed by atoms with Crippen LogP contribution in [-0.2, 0) is 6.54 Å². The van der Waals surface area contributed by atoms with E-state index in [1.807, 2.05) is 13.8 Å². The number of aryl methyl sites for hydroxylation is 2. The van der Waals surface area contributed by atoms with Crippen molar-refractivity contribution >= 4 is 0 Å². The lowest BCUT2D eigenvalue weighted by Crippen LogP contribution is -2.14. The van der Waals surface area contributed by atoms with Crippen LogP contribution in [0, 0.1) is 13.8 Å². The van der Waals surface area contributed by atoms with Crippen molar-refractivity contribution < 1.29 is 5.11 Å². The molecule has 0 bridgehead atoms. The van der Waals surface area contributed by atoms with E-state index in [-0.39, 0.29) is 6.10 Å². The predicted molar refractivity (Wildman–Crippen MR) is 41.2 cm³/mol. The molecule has 0 amide bonds. The van der Waals surface area contributed by atoms with Gasteiger partial charge in [-0.2, -0.15) is 5.10 Å². The second-order valence-corrected chi connectivity index (χ2v) is 2.74. The highest BCUT2D eigenvalue weighted by molar-refractivity contribution is 4.87. The fraction of sp³-hybridized carbons (Fsp3) is 0.714. The minimum Gasteiger partial charge on any atom is -0.391 e. The zero-order chi connectivity index (χ0) is 8.43. The molecule has 0 aliphatic rings. The summed E-state index contributed by atoms with van der Waals surface area (Å²) in [6.45, 7) is 5.97. The Bertz CT molecular complexity index is 242. The van der Waals surface area contributed by atoms with Crippen molar-refractivity contribution in [3.63, 3.8) is 0 Å². The second-order valence-electron chi connectivity index (χ2n) is 2.74. The van der Waals surface area contributed by atoms with Crippen molar-refractivity contribution in [2.24, 2.45) is 0 Å². The summed E-state index contributed by atoms with van der Waals surface area (Å²) in [6, 6.07) is 0. The van der Waals surface area contributed by atoms with Gasteiger partial charge in [-0.3, -0.25) is 0 Å². The summed E-state index contributed by atoms with van der Waals surface area (Å²) < 4.78 is 1.71. The van der Waals surface area contributed by atoms with Crippen LogP contribution in [0.25, 0.3) is 0 Å². The van der Waals surface area contributed by atoms with Gasteiger partial charge in [0.1, 0.15) is 11.6 Å². The molecule has 0 saturated heterocycles. The van der Waals surface area contributed by atoms with E-state index in [0.717, 1.165) is 11.6 Å². The average Bonchev–Trinajstić information content (AvgIpc) is 2.09. The number of nitrogens with zero attached hydrogens (tertiary/aromatic N) is 3. The van der Waals surface area contributed by atoms with Gasteiger partial charge in [0.15, 0.2) is 0 Å². The third-order valence-corrected chi connectivity index (χ3v) is 1.40. The highest BCUT2D eigenvalue weighted by Gasteiger charge is 2.03. The average molecular weight is 155 g/mol. The molecule has 4 nitrogen and oxygen atoms in total. The van der Waals surface area contributed by atoms with E-state index in [0.29, 0.717) is 6.54 Å². The monoisotopic (exact) mass is 155 g/mol. The maximum Gasteiger partial charge on any atom is 0.147 e. The van der Waals surface area contributed by atoms with Gasteiger partial charge in [0.2, 0.25) is 0 Å². The number of rotatable bonds is 2. The molecule has 1 heterocycles. The van der Waals surface area contributed by atoms with Crippen molar-refractivity contribution in [1.82, 2.24) is 14.8 Å². The molecule has 0 aliphatic heterocycles. The number of hydrogen-bond donors (Lipinski definition) is 1. The summed E-state index contributed by atoms with van der Waals surface area (Å²) in [4.78, 5) is 4.10. The summed E-state index contributed by atoms with van der Waals surface area (Å²) >= 11 is 0. The highest BCUT2D eigenvalue weighted by atomic mass is 16.3. The van der Waals surface area contributed by atoms with Crippen molar-refractivity contribution in [3.8, 4) is 0 Å². The van der Waals surface area contributed by atoms with Gasteiger partial charge in [-0.15, -0.1) is 0 Å². The molecule has 0 aliphatic carbocycles. The number of aliphatic hydroxyl groups is 1. The molecule has 1 aromatic heterocycles. The fourth-order valence-electron chi connectivity index (χ4n) is 0.985. The predicted octanol–water partition coefficient (Wildman–Crippen LogP) is 0.276. The molecular formula is C7H13N3O. The molecule has 0 fully saturated rings. The Morgan fingerprint density at radius 3 is 2.55 bits per heavy atom. The summed E-state index contributed by atoms with van der Waals surface area (Å²) in [5.41, 5.74) is 0. The van der Waals surface area contributed by atoms with Crippen LogP contribution in [0.1, 0.15) is 18.6 Å². The van der Waals surface area contributed by atoms with Gasteiger partial charge in [0.25, 0.3) is 0 Å². The molecule has 1 rings (SSSR count). The second kappa shape index (κ2) is 3.00. The third kappa shape index (κ3) is 2.01. The van der Waals surface area contributed by atoms with Gasteiger partial charge in [-0.25, -0.2) is 9.67 Å². The molecule has 0 spiro atoms. The number of hydrogen-bond acceptors (Lipinski definition) is 3. The highest BCUT2D eigenvalue weighted by Crippen LogP contribution is 1.97. The first-order chi connectivity index (χ1) is 5.09. The van der Waals surface area contributed by atoms with Crippen LogP contribution in [0.4, 0.5) is 0 Å². The minimum absolute atomic E-state index is 0.366. The zero-order valence-electron chi connectivity index (χ0n) is 7.07. The van der Waals surface area contributed by atoms with Gasteiger partial charge in [-0.05, 0) is 20.8 Å². The van der Waals surface area contributed by atoms with Crippen molar-refractivity contribution in [3.05, 3.63) is 11.6 Å². The maximum atomic E-state index is 9.05. The summed E-state index contributed by atoms with van der Waals surface area (Å²) in [5, 5.41) is 13.1. The number of aliphatic hydroxyl groups excluding tert-OH is 1. The van der Waals surface area contributed by atoms with Crippen LogP contribution in [0.15, 0.2) is 0 Å². The lowest BCUT2D eigenvalue weighted by molar-refractivity contribution is 0.167. The Morgan fingerprint density at radius 1 is 1.55 bits per heavy atom. The molecule has 1 N–H and O–H groups in total. The van der Waals surface area contributed by atoms with Gasteiger partial charge in [-0.1, -0.05) is 0 Å². The summed E-state index contributed by atoms with van der Waals surface area (Å²) in [5.74, 6) is 1.60. The Morgan fingerprint density at radius 2 is 2.18 bits per heavy atom. The van der Waals surface area contributed by atoms with Crippen LogP contribution >= 0.6 is 0 Å². The number of aromatic nitrogens is 3. The van der Waals surface area contributed by atoms with E-state index in [2.05, 4.69) is 10.1 Å². The van der Waals surface area contributed by atoms with Crippen molar-refractivity contribution in [2.45, 2.75) is 33.4 Å². The topological polar surface area (TPSA) is 50.9 Å². The van der Waals surface area contributed by atoms with Gasteiger partial charge >= 0.3 is 0 Å². The van der Waals surface area contributed by atoms with E-state index < -0.39 is 0 Å².